The fourth-order valence-electron chi connectivity index (χ4n) is 2.63. The largest absolute Gasteiger partial charge is 0.459 e. The quantitative estimate of drug-likeness (QED) is 0.869. The number of piperazine rings is 1. The van der Waals surface area contributed by atoms with Gasteiger partial charge < -0.3 is 19.2 Å². The first-order valence-electron chi connectivity index (χ1n) is 7.90. The summed E-state index contributed by atoms with van der Waals surface area (Å²) < 4.78 is 9.99. The maximum Gasteiger partial charge on any atom is 0.287 e. The van der Waals surface area contributed by atoms with Crippen molar-refractivity contribution in [3.8, 4) is 0 Å². The van der Waals surface area contributed by atoms with Gasteiger partial charge in [0.25, 0.3) is 11.8 Å². The Morgan fingerprint density at radius 1 is 1.29 bits per heavy atom. The highest BCUT2D eigenvalue weighted by Crippen LogP contribution is 2.09. The van der Waals surface area contributed by atoms with Crippen LogP contribution in [0, 0.1) is 6.92 Å². The topological polar surface area (TPSA) is 91.8 Å². The Kier molecular flexibility index (Phi) is 4.95. The van der Waals surface area contributed by atoms with Gasteiger partial charge in [-0.05, 0) is 19.1 Å². The molecule has 2 aromatic heterocycles. The number of rotatable bonds is 5. The van der Waals surface area contributed by atoms with E-state index in [0.717, 1.165) is 19.6 Å². The lowest BCUT2D eigenvalue weighted by Crippen LogP contribution is -2.50. The average Bonchev–Trinajstić information content (AvgIpc) is 3.26. The number of aryl methyl sites for hydroxylation is 1. The van der Waals surface area contributed by atoms with Gasteiger partial charge in [0.1, 0.15) is 5.76 Å². The number of amides is 2. The van der Waals surface area contributed by atoms with E-state index in [-0.39, 0.29) is 11.8 Å². The molecule has 1 saturated heterocycles. The summed E-state index contributed by atoms with van der Waals surface area (Å²) in [7, 11) is 0. The first-order chi connectivity index (χ1) is 11.6. The van der Waals surface area contributed by atoms with Crippen LogP contribution in [0.5, 0.6) is 0 Å². The van der Waals surface area contributed by atoms with Gasteiger partial charge in [-0.15, -0.1) is 0 Å². The molecule has 0 atom stereocenters. The minimum atomic E-state index is -0.213. The van der Waals surface area contributed by atoms with E-state index in [4.69, 9.17) is 8.94 Å². The van der Waals surface area contributed by atoms with E-state index in [2.05, 4.69) is 15.4 Å². The number of furan rings is 1. The molecule has 0 bridgehead atoms. The lowest BCUT2D eigenvalue weighted by Gasteiger charge is -2.34. The summed E-state index contributed by atoms with van der Waals surface area (Å²) in [5.74, 6) is 0.630. The molecule has 0 aliphatic carbocycles. The molecule has 0 spiro atoms. The van der Waals surface area contributed by atoms with Crippen LogP contribution in [0.4, 0.5) is 0 Å². The van der Waals surface area contributed by atoms with Crippen LogP contribution in [0.2, 0.25) is 0 Å². The molecule has 1 aliphatic heterocycles. The zero-order valence-corrected chi connectivity index (χ0v) is 13.5. The summed E-state index contributed by atoms with van der Waals surface area (Å²) in [6, 6.07) is 4.96. The minimum absolute atomic E-state index is 0.0994. The Labute approximate surface area is 139 Å². The van der Waals surface area contributed by atoms with Crippen LogP contribution in [-0.2, 0) is 0 Å². The van der Waals surface area contributed by atoms with Crippen molar-refractivity contribution in [2.45, 2.75) is 6.92 Å². The van der Waals surface area contributed by atoms with E-state index in [1.165, 1.54) is 6.26 Å². The predicted molar refractivity (Wildman–Crippen MR) is 84.6 cm³/mol. The molecule has 24 heavy (non-hydrogen) atoms. The number of carbonyl (C=O) groups excluding carboxylic acids is 2. The summed E-state index contributed by atoms with van der Waals surface area (Å²) in [6.45, 7) is 5.83. The van der Waals surface area contributed by atoms with E-state index in [9.17, 15) is 9.59 Å². The number of carbonyl (C=O) groups is 2. The third-order valence-corrected chi connectivity index (χ3v) is 3.97. The fourth-order valence-corrected chi connectivity index (χ4v) is 2.63. The van der Waals surface area contributed by atoms with Gasteiger partial charge >= 0.3 is 0 Å². The van der Waals surface area contributed by atoms with Crippen molar-refractivity contribution in [2.75, 3.05) is 39.3 Å². The molecule has 3 rings (SSSR count). The fraction of sp³-hybridized carbons (Fsp3) is 0.438. The average molecular weight is 332 g/mol. The van der Waals surface area contributed by atoms with Crippen LogP contribution in [-0.4, -0.2) is 66.0 Å². The first kappa shape index (κ1) is 16.3. The van der Waals surface area contributed by atoms with E-state index in [1.54, 1.807) is 30.0 Å². The highest BCUT2D eigenvalue weighted by atomic mass is 16.5. The summed E-state index contributed by atoms with van der Waals surface area (Å²) in [5.41, 5.74) is 0.353. The standard InChI is InChI=1S/C16H20N4O4/c1-12-11-13(18-24-12)16(22)20-8-6-19(7-9-20)5-4-17-15(21)14-3-2-10-23-14/h2-3,10-11H,4-9H2,1H3,(H,17,21). The number of nitrogens with one attached hydrogen (secondary N) is 1. The molecule has 0 unspecified atom stereocenters. The molecular weight excluding hydrogens is 312 g/mol. The Morgan fingerprint density at radius 2 is 2.08 bits per heavy atom. The zero-order chi connectivity index (χ0) is 16.9. The Hall–Kier alpha value is -2.61. The Bertz CT molecular complexity index is 687. The van der Waals surface area contributed by atoms with Gasteiger partial charge in [0.2, 0.25) is 0 Å². The van der Waals surface area contributed by atoms with Crippen LogP contribution in [0.25, 0.3) is 0 Å². The Morgan fingerprint density at radius 3 is 2.71 bits per heavy atom. The SMILES string of the molecule is Cc1cc(C(=O)N2CCN(CCNC(=O)c3ccco3)CC2)no1. The van der Waals surface area contributed by atoms with Gasteiger partial charge in [0.15, 0.2) is 11.5 Å². The van der Waals surface area contributed by atoms with Crippen molar-refractivity contribution < 1.29 is 18.5 Å². The van der Waals surface area contributed by atoms with Crippen LogP contribution >= 0.6 is 0 Å². The molecule has 8 nitrogen and oxygen atoms in total. The van der Waals surface area contributed by atoms with Crippen LogP contribution in [0.15, 0.2) is 33.4 Å². The summed E-state index contributed by atoms with van der Waals surface area (Å²) in [4.78, 5) is 28.0. The van der Waals surface area contributed by atoms with Crippen LogP contribution in [0.3, 0.4) is 0 Å². The van der Waals surface area contributed by atoms with E-state index >= 15 is 0 Å². The summed E-state index contributed by atoms with van der Waals surface area (Å²) >= 11 is 0. The lowest BCUT2D eigenvalue weighted by atomic mass is 10.2. The third-order valence-electron chi connectivity index (χ3n) is 3.97. The van der Waals surface area contributed by atoms with Crippen molar-refractivity contribution in [1.82, 2.24) is 20.3 Å². The molecule has 1 aliphatic rings. The Balaban J connectivity index is 1.39. The van der Waals surface area contributed by atoms with Crippen molar-refractivity contribution in [3.63, 3.8) is 0 Å². The maximum atomic E-state index is 12.3. The number of nitrogens with zero attached hydrogens (tertiary/aromatic N) is 3. The second kappa shape index (κ2) is 7.31. The monoisotopic (exact) mass is 332 g/mol. The van der Waals surface area contributed by atoms with E-state index in [1.807, 2.05) is 0 Å². The number of hydrogen-bond donors (Lipinski definition) is 1. The van der Waals surface area contributed by atoms with Crippen molar-refractivity contribution in [1.29, 1.82) is 0 Å². The van der Waals surface area contributed by atoms with Crippen molar-refractivity contribution >= 4 is 11.8 Å². The molecule has 0 radical (unpaired) electrons. The molecule has 1 N–H and O–H groups in total. The zero-order valence-electron chi connectivity index (χ0n) is 13.5. The second-order valence-electron chi connectivity index (χ2n) is 5.69. The maximum absolute atomic E-state index is 12.3. The van der Waals surface area contributed by atoms with Gasteiger partial charge in [-0.2, -0.15) is 0 Å². The second-order valence-corrected chi connectivity index (χ2v) is 5.69. The molecular formula is C16H20N4O4. The number of hydrogen-bond acceptors (Lipinski definition) is 6. The smallest absolute Gasteiger partial charge is 0.287 e. The summed E-state index contributed by atoms with van der Waals surface area (Å²) in [5, 5.41) is 6.58. The molecule has 1 fully saturated rings. The van der Waals surface area contributed by atoms with Crippen molar-refractivity contribution in [3.05, 3.63) is 41.7 Å². The molecule has 2 aromatic rings. The molecule has 2 amide bonds. The normalized spacial score (nSPS) is 15.5. The minimum Gasteiger partial charge on any atom is -0.459 e. The lowest BCUT2D eigenvalue weighted by molar-refractivity contribution is 0.0627. The highest BCUT2D eigenvalue weighted by Gasteiger charge is 2.24. The van der Waals surface area contributed by atoms with E-state index in [0.29, 0.717) is 36.8 Å². The first-order valence-corrected chi connectivity index (χ1v) is 7.90. The molecule has 0 saturated carbocycles. The van der Waals surface area contributed by atoms with Gasteiger partial charge in [0.05, 0.1) is 6.26 Å². The molecule has 8 heteroatoms. The molecule has 0 aromatic carbocycles. The van der Waals surface area contributed by atoms with Gasteiger partial charge in [0, 0.05) is 45.3 Å². The van der Waals surface area contributed by atoms with Crippen molar-refractivity contribution in [2.24, 2.45) is 0 Å². The summed E-state index contributed by atoms with van der Waals surface area (Å²) in [6.07, 6.45) is 1.47. The molecule has 3 heterocycles. The highest BCUT2D eigenvalue weighted by molar-refractivity contribution is 5.92. The third kappa shape index (κ3) is 3.83. The number of aromatic nitrogens is 1. The van der Waals surface area contributed by atoms with E-state index < -0.39 is 0 Å². The van der Waals surface area contributed by atoms with Gasteiger partial charge in [-0.25, -0.2) is 0 Å². The molecule has 128 valence electrons. The van der Waals surface area contributed by atoms with Gasteiger partial charge in [-0.3, -0.25) is 14.5 Å². The van der Waals surface area contributed by atoms with Crippen LogP contribution < -0.4 is 5.32 Å². The van der Waals surface area contributed by atoms with Gasteiger partial charge in [-0.1, -0.05) is 5.16 Å². The predicted octanol–water partition coefficient (Wildman–Crippen LogP) is 0.764. The van der Waals surface area contributed by atoms with Crippen LogP contribution in [0.1, 0.15) is 26.8 Å².